The minimum atomic E-state index is -0.670. The zero-order chi connectivity index (χ0) is 19.6. The number of piperidine rings is 1. The zero-order valence-corrected chi connectivity index (χ0v) is 15.9. The van der Waals surface area contributed by atoms with Crippen molar-refractivity contribution in [2.75, 3.05) is 19.6 Å². The predicted octanol–water partition coefficient (Wildman–Crippen LogP) is 5.03. The molecule has 1 aliphatic rings. The van der Waals surface area contributed by atoms with Crippen LogP contribution in [0.1, 0.15) is 31.2 Å². The van der Waals surface area contributed by atoms with Gasteiger partial charge in [-0.2, -0.15) is 10.2 Å². The summed E-state index contributed by atoms with van der Waals surface area (Å²) >= 11 is 0. The largest absolute Gasteiger partial charge is 0.481 e. The van der Waals surface area contributed by atoms with Crippen LogP contribution in [0.2, 0.25) is 0 Å². The summed E-state index contributed by atoms with van der Waals surface area (Å²) in [7, 11) is 0. The Kier molecular flexibility index (Phi) is 7.34. The molecule has 2 aromatic carbocycles. The van der Waals surface area contributed by atoms with Gasteiger partial charge in [-0.15, -0.1) is 0 Å². The number of rotatable bonds is 6. The van der Waals surface area contributed by atoms with E-state index in [1.807, 2.05) is 54.6 Å². The van der Waals surface area contributed by atoms with Crippen molar-refractivity contribution >= 4 is 17.3 Å². The molecule has 1 N–H and O–H groups in total. The topological polar surface area (TPSA) is 65.3 Å². The Bertz CT molecular complexity index is 851. The highest BCUT2D eigenvalue weighted by Crippen LogP contribution is 2.18. The molecule has 1 unspecified atom stereocenters. The molecule has 0 radical (unpaired) electrons. The third-order valence-corrected chi connectivity index (χ3v) is 4.77. The summed E-state index contributed by atoms with van der Waals surface area (Å²) < 4.78 is 0. The molecule has 0 saturated carbocycles. The first-order chi connectivity index (χ1) is 13.7. The van der Waals surface area contributed by atoms with Crippen LogP contribution in [0, 0.1) is 17.8 Å². The van der Waals surface area contributed by atoms with Crippen LogP contribution in [0.3, 0.4) is 0 Å². The molecule has 1 aliphatic heterocycles. The number of azo groups is 1. The number of carboxylic acids is 1. The Balaban J connectivity index is 1.42. The Hall–Kier alpha value is -2.97. The van der Waals surface area contributed by atoms with Crippen LogP contribution in [0.25, 0.3) is 0 Å². The van der Waals surface area contributed by atoms with Crippen LogP contribution in [0.15, 0.2) is 64.8 Å². The lowest BCUT2D eigenvalue weighted by molar-refractivity contribution is -0.143. The van der Waals surface area contributed by atoms with Crippen molar-refractivity contribution in [3.05, 3.63) is 60.2 Å². The lowest BCUT2D eigenvalue weighted by atomic mass is 9.98. The van der Waals surface area contributed by atoms with Crippen LogP contribution in [0.5, 0.6) is 0 Å². The summed E-state index contributed by atoms with van der Waals surface area (Å²) in [5.74, 6) is 5.50. The maximum absolute atomic E-state index is 11.1. The van der Waals surface area contributed by atoms with Crippen LogP contribution in [0.4, 0.5) is 11.4 Å². The maximum Gasteiger partial charge on any atom is 0.307 e. The molecule has 0 aliphatic carbocycles. The van der Waals surface area contributed by atoms with E-state index in [0.717, 1.165) is 55.7 Å². The van der Waals surface area contributed by atoms with Gasteiger partial charge in [0.25, 0.3) is 0 Å². The highest BCUT2D eigenvalue weighted by atomic mass is 16.4. The van der Waals surface area contributed by atoms with Gasteiger partial charge in [-0.3, -0.25) is 4.79 Å². The molecule has 5 heteroatoms. The minimum absolute atomic E-state index is 0.211. The molecule has 28 heavy (non-hydrogen) atoms. The molecule has 0 aromatic heterocycles. The highest BCUT2D eigenvalue weighted by Gasteiger charge is 2.24. The second-order valence-corrected chi connectivity index (χ2v) is 6.97. The first-order valence-electron chi connectivity index (χ1n) is 9.71. The number of carboxylic acid groups (broad SMARTS) is 1. The lowest BCUT2D eigenvalue weighted by Crippen LogP contribution is -2.39. The van der Waals surface area contributed by atoms with Gasteiger partial charge in [0.1, 0.15) is 0 Å². The second kappa shape index (κ2) is 10.4. The molecule has 2 aromatic rings. The minimum Gasteiger partial charge on any atom is -0.481 e. The standard InChI is InChI=1S/C23H25N3O2/c27-23(28)20-9-7-17-26(18-20)16-6-2-3-8-19-12-14-22(15-13-19)25-24-21-10-4-1-5-11-21/h1,4-5,10-15,20H,2,6-7,9,16-18H2,(H,27,28). The summed E-state index contributed by atoms with van der Waals surface area (Å²) in [6.07, 6.45) is 3.54. The molecule has 3 rings (SSSR count). The first-order valence-corrected chi connectivity index (χ1v) is 9.71. The third-order valence-electron chi connectivity index (χ3n) is 4.77. The summed E-state index contributed by atoms with van der Waals surface area (Å²) in [6.45, 7) is 2.58. The number of hydrogen-bond acceptors (Lipinski definition) is 4. The van der Waals surface area contributed by atoms with Gasteiger partial charge >= 0.3 is 5.97 Å². The molecule has 0 amide bonds. The number of nitrogens with zero attached hydrogens (tertiary/aromatic N) is 3. The average Bonchev–Trinajstić information content (AvgIpc) is 2.74. The van der Waals surface area contributed by atoms with E-state index in [0.29, 0.717) is 6.54 Å². The monoisotopic (exact) mass is 375 g/mol. The highest BCUT2D eigenvalue weighted by molar-refractivity contribution is 5.70. The van der Waals surface area contributed by atoms with Gasteiger partial charge in [0.15, 0.2) is 0 Å². The second-order valence-electron chi connectivity index (χ2n) is 6.97. The first kappa shape index (κ1) is 19.8. The summed E-state index contributed by atoms with van der Waals surface area (Å²) in [6, 6.07) is 17.4. The van der Waals surface area contributed by atoms with E-state index in [4.69, 9.17) is 5.11 Å². The van der Waals surface area contributed by atoms with E-state index in [2.05, 4.69) is 27.0 Å². The summed E-state index contributed by atoms with van der Waals surface area (Å²) in [4.78, 5) is 13.4. The van der Waals surface area contributed by atoms with Crippen molar-refractivity contribution in [2.45, 2.75) is 25.7 Å². The fourth-order valence-corrected chi connectivity index (χ4v) is 3.24. The Morgan fingerprint density at radius 2 is 1.79 bits per heavy atom. The number of likely N-dealkylation sites (tertiary alicyclic amines) is 1. The fraction of sp³-hybridized carbons (Fsp3) is 0.348. The molecule has 1 heterocycles. The van der Waals surface area contributed by atoms with Crippen molar-refractivity contribution in [1.29, 1.82) is 0 Å². The van der Waals surface area contributed by atoms with Gasteiger partial charge in [0.05, 0.1) is 17.3 Å². The number of carbonyl (C=O) groups is 1. The number of aliphatic carboxylic acids is 1. The number of hydrogen-bond donors (Lipinski definition) is 1. The van der Waals surface area contributed by atoms with Crippen LogP contribution < -0.4 is 0 Å². The van der Waals surface area contributed by atoms with Crippen LogP contribution in [-0.2, 0) is 4.79 Å². The van der Waals surface area contributed by atoms with Crippen molar-refractivity contribution in [3.63, 3.8) is 0 Å². The normalized spacial score (nSPS) is 17.2. The smallest absolute Gasteiger partial charge is 0.307 e. The molecule has 1 saturated heterocycles. The van der Waals surface area contributed by atoms with E-state index in [1.54, 1.807) is 0 Å². The molecule has 0 spiro atoms. The quantitative estimate of drug-likeness (QED) is 0.437. The summed E-state index contributed by atoms with van der Waals surface area (Å²) in [5.41, 5.74) is 2.59. The van der Waals surface area contributed by atoms with Crippen molar-refractivity contribution in [1.82, 2.24) is 4.90 Å². The summed E-state index contributed by atoms with van der Waals surface area (Å²) in [5, 5.41) is 17.6. The molecule has 0 bridgehead atoms. The van der Waals surface area contributed by atoms with E-state index in [9.17, 15) is 4.79 Å². The molecule has 144 valence electrons. The predicted molar refractivity (Wildman–Crippen MR) is 110 cm³/mol. The third kappa shape index (κ3) is 6.33. The van der Waals surface area contributed by atoms with Crippen molar-refractivity contribution in [3.8, 4) is 11.8 Å². The SMILES string of the molecule is O=C(O)C1CCCN(CCCC#Cc2ccc(N=Nc3ccccc3)cc2)C1. The van der Waals surface area contributed by atoms with Gasteiger partial charge in [-0.25, -0.2) is 0 Å². The average molecular weight is 375 g/mol. The van der Waals surface area contributed by atoms with Crippen molar-refractivity contribution < 1.29 is 9.90 Å². The van der Waals surface area contributed by atoms with E-state index >= 15 is 0 Å². The van der Waals surface area contributed by atoms with Crippen molar-refractivity contribution in [2.24, 2.45) is 16.1 Å². The molecular weight excluding hydrogens is 350 g/mol. The van der Waals surface area contributed by atoms with Gasteiger partial charge in [-0.1, -0.05) is 30.0 Å². The Morgan fingerprint density at radius 3 is 2.50 bits per heavy atom. The van der Waals surface area contributed by atoms with Gasteiger partial charge in [0, 0.05) is 18.5 Å². The number of benzene rings is 2. The zero-order valence-electron chi connectivity index (χ0n) is 15.9. The van der Waals surface area contributed by atoms with E-state index < -0.39 is 5.97 Å². The lowest BCUT2D eigenvalue weighted by Gasteiger charge is -2.30. The maximum atomic E-state index is 11.1. The number of unbranched alkanes of at least 4 members (excludes halogenated alkanes) is 1. The molecular formula is C23H25N3O2. The van der Waals surface area contributed by atoms with E-state index in [1.165, 1.54) is 0 Å². The fourth-order valence-electron chi connectivity index (χ4n) is 3.24. The molecule has 1 atom stereocenters. The molecule has 5 nitrogen and oxygen atoms in total. The van der Waals surface area contributed by atoms with Crippen LogP contribution >= 0.6 is 0 Å². The van der Waals surface area contributed by atoms with Gasteiger partial charge < -0.3 is 10.0 Å². The van der Waals surface area contributed by atoms with Gasteiger partial charge in [-0.05, 0) is 68.8 Å². The molecule has 1 fully saturated rings. The van der Waals surface area contributed by atoms with Crippen LogP contribution in [-0.4, -0.2) is 35.6 Å². The Labute approximate surface area is 166 Å². The van der Waals surface area contributed by atoms with Gasteiger partial charge in [0.2, 0.25) is 0 Å². The van der Waals surface area contributed by atoms with E-state index in [-0.39, 0.29) is 5.92 Å². The Morgan fingerprint density at radius 1 is 1.07 bits per heavy atom.